The van der Waals surface area contributed by atoms with E-state index in [1.54, 1.807) is 0 Å². The summed E-state index contributed by atoms with van der Waals surface area (Å²) < 4.78 is 30.6. The third-order valence-electron chi connectivity index (χ3n) is 2.11. The monoisotopic (exact) mass is 195 g/mol. The highest BCUT2D eigenvalue weighted by atomic mass is 19.3. The largest absolute Gasteiger partial charge is 0.394 e. The molecule has 0 aliphatic carbocycles. The van der Waals surface area contributed by atoms with Gasteiger partial charge < -0.3 is 15.2 Å². The SMILES string of the molecule is COC[C@H]1[C@@H](CO)NC(=O)C1(F)F. The van der Waals surface area contributed by atoms with E-state index in [9.17, 15) is 13.6 Å². The van der Waals surface area contributed by atoms with Crippen LogP contribution in [0.4, 0.5) is 8.78 Å². The lowest BCUT2D eigenvalue weighted by Crippen LogP contribution is -2.37. The van der Waals surface area contributed by atoms with Crippen molar-refractivity contribution in [1.82, 2.24) is 5.32 Å². The number of alkyl halides is 2. The summed E-state index contributed by atoms with van der Waals surface area (Å²) in [6.45, 7) is -0.758. The van der Waals surface area contributed by atoms with Crippen molar-refractivity contribution in [2.75, 3.05) is 20.3 Å². The fourth-order valence-electron chi connectivity index (χ4n) is 1.36. The van der Waals surface area contributed by atoms with Crippen molar-refractivity contribution in [1.29, 1.82) is 0 Å². The van der Waals surface area contributed by atoms with Gasteiger partial charge in [-0.3, -0.25) is 4.79 Å². The Morgan fingerprint density at radius 2 is 2.31 bits per heavy atom. The number of methoxy groups -OCH3 is 1. The van der Waals surface area contributed by atoms with E-state index < -0.39 is 30.4 Å². The van der Waals surface area contributed by atoms with Crippen LogP contribution in [0.1, 0.15) is 0 Å². The second kappa shape index (κ2) is 3.55. The van der Waals surface area contributed by atoms with Crippen LogP contribution in [-0.2, 0) is 9.53 Å². The highest BCUT2D eigenvalue weighted by Gasteiger charge is 2.56. The van der Waals surface area contributed by atoms with E-state index in [1.165, 1.54) is 7.11 Å². The molecule has 4 nitrogen and oxygen atoms in total. The third-order valence-corrected chi connectivity index (χ3v) is 2.11. The van der Waals surface area contributed by atoms with Crippen LogP contribution in [0, 0.1) is 5.92 Å². The standard InChI is InChI=1S/C7H11F2NO3/c1-13-3-4-5(2-11)10-6(12)7(4,8)9/h4-5,11H,2-3H2,1H3,(H,10,12)/t4-,5+/m0/s1. The summed E-state index contributed by atoms with van der Waals surface area (Å²) in [6.07, 6.45) is 0. The number of carbonyl (C=O) groups is 1. The highest BCUT2D eigenvalue weighted by molar-refractivity contribution is 5.86. The summed E-state index contributed by atoms with van der Waals surface area (Å²) >= 11 is 0. The minimum Gasteiger partial charge on any atom is -0.394 e. The second-order valence-electron chi connectivity index (χ2n) is 2.95. The van der Waals surface area contributed by atoms with Gasteiger partial charge in [-0.2, -0.15) is 8.78 Å². The fraction of sp³-hybridized carbons (Fsp3) is 0.857. The minimum atomic E-state index is -3.44. The molecule has 2 N–H and O–H groups in total. The lowest BCUT2D eigenvalue weighted by molar-refractivity contribution is -0.146. The quantitative estimate of drug-likeness (QED) is 0.630. The number of aliphatic hydroxyl groups is 1. The number of rotatable bonds is 3. The van der Waals surface area contributed by atoms with Gasteiger partial charge in [0, 0.05) is 7.11 Å². The maximum Gasteiger partial charge on any atom is 0.331 e. The molecule has 1 amide bonds. The van der Waals surface area contributed by atoms with Gasteiger partial charge in [0.25, 0.3) is 5.91 Å². The summed E-state index contributed by atoms with van der Waals surface area (Å²) in [4.78, 5) is 10.7. The Bertz CT molecular complexity index is 210. The normalized spacial score (nSPS) is 31.8. The van der Waals surface area contributed by atoms with Gasteiger partial charge in [-0.05, 0) is 0 Å². The van der Waals surface area contributed by atoms with Crippen molar-refractivity contribution < 1.29 is 23.4 Å². The molecule has 2 atom stereocenters. The molecule has 13 heavy (non-hydrogen) atoms. The number of nitrogens with one attached hydrogen (secondary N) is 1. The van der Waals surface area contributed by atoms with Crippen LogP contribution in [0.5, 0.6) is 0 Å². The fourth-order valence-corrected chi connectivity index (χ4v) is 1.36. The first-order chi connectivity index (χ1) is 6.04. The first kappa shape index (κ1) is 10.3. The van der Waals surface area contributed by atoms with Gasteiger partial charge in [0.05, 0.1) is 25.2 Å². The first-order valence-corrected chi connectivity index (χ1v) is 3.82. The van der Waals surface area contributed by atoms with E-state index in [0.29, 0.717) is 0 Å². The minimum absolute atomic E-state index is 0.253. The number of carbonyl (C=O) groups excluding carboxylic acids is 1. The molecule has 1 heterocycles. The molecule has 6 heteroatoms. The van der Waals surface area contributed by atoms with Crippen molar-refractivity contribution in [2.24, 2.45) is 5.92 Å². The van der Waals surface area contributed by atoms with E-state index in [0.717, 1.165) is 0 Å². The molecule has 1 fully saturated rings. The number of aliphatic hydroxyl groups excluding tert-OH is 1. The summed E-state index contributed by atoms with van der Waals surface area (Å²) in [5, 5.41) is 10.7. The van der Waals surface area contributed by atoms with Gasteiger partial charge in [0.1, 0.15) is 0 Å². The lowest BCUT2D eigenvalue weighted by Gasteiger charge is -2.18. The van der Waals surface area contributed by atoms with Crippen molar-refractivity contribution in [3.63, 3.8) is 0 Å². The number of halogens is 2. The zero-order valence-corrected chi connectivity index (χ0v) is 7.09. The van der Waals surface area contributed by atoms with Gasteiger partial charge in [-0.15, -0.1) is 0 Å². The van der Waals surface area contributed by atoms with Gasteiger partial charge in [0.15, 0.2) is 0 Å². The Kier molecular flexibility index (Phi) is 2.82. The molecule has 76 valence electrons. The van der Waals surface area contributed by atoms with Crippen molar-refractivity contribution in [3.05, 3.63) is 0 Å². The Balaban J connectivity index is 2.78. The zero-order valence-electron chi connectivity index (χ0n) is 7.09. The first-order valence-electron chi connectivity index (χ1n) is 3.82. The van der Waals surface area contributed by atoms with Crippen LogP contribution in [0.15, 0.2) is 0 Å². The topological polar surface area (TPSA) is 58.6 Å². The average molecular weight is 195 g/mol. The molecule has 1 aliphatic heterocycles. The molecule has 0 unspecified atom stereocenters. The molecule has 0 bridgehead atoms. The maximum atomic E-state index is 13.0. The Hall–Kier alpha value is -0.750. The van der Waals surface area contributed by atoms with Crippen LogP contribution in [0.3, 0.4) is 0 Å². The number of hydrogen-bond donors (Lipinski definition) is 2. The molecule has 1 rings (SSSR count). The molecule has 0 saturated carbocycles. The molecular formula is C7H11F2NO3. The maximum absolute atomic E-state index is 13.0. The molecule has 0 aromatic carbocycles. The molecule has 0 radical (unpaired) electrons. The third kappa shape index (κ3) is 1.64. The number of ether oxygens (including phenoxy) is 1. The van der Waals surface area contributed by atoms with Gasteiger partial charge in [0.2, 0.25) is 0 Å². The molecule has 0 aromatic heterocycles. The predicted octanol–water partition coefficient (Wildman–Crippen LogP) is -0.625. The van der Waals surface area contributed by atoms with Gasteiger partial charge in [-0.1, -0.05) is 0 Å². The van der Waals surface area contributed by atoms with Crippen LogP contribution < -0.4 is 5.32 Å². The summed E-state index contributed by atoms with van der Waals surface area (Å²) in [7, 11) is 1.27. The van der Waals surface area contributed by atoms with Crippen LogP contribution in [0.25, 0.3) is 0 Å². The summed E-state index contributed by atoms with van der Waals surface area (Å²) in [6, 6.07) is -0.914. The van der Waals surface area contributed by atoms with Crippen molar-refractivity contribution >= 4 is 5.91 Å². The average Bonchev–Trinajstić information content (AvgIpc) is 2.29. The summed E-state index contributed by atoms with van der Waals surface area (Å²) in [5.74, 6) is -6.06. The van der Waals surface area contributed by atoms with Crippen LogP contribution in [0.2, 0.25) is 0 Å². The van der Waals surface area contributed by atoms with E-state index in [-0.39, 0.29) is 6.61 Å². The molecule has 1 aliphatic rings. The number of hydrogen-bond acceptors (Lipinski definition) is 3. The molecular weight excluding hydrogens is 184 g/mol. The Morgan fingerprint density at radius 1 is 1.69 bits per heavy atom. The smallest absolute Gasteiger partial charge is 0.331 e. The highest BCUT2D eigenvalue weighted by Crippen LogP contribution is 2.33. The predicted molar refractivity (Wildman–Crippen MR) is 39.3 cm³/mol. The van der Waals surface area contributed by atoms with Crippen molar-refractivity contribution in [2.45, 2.75) is 12.0 Å². The van der Waals surface area contributed by atoms with Gasteiger partial charge in [-0.25, -0.2) is 0 Å². The van der Waals surface area contributed by atoms with Crippen LogP contribution >= 0.6 is 0 Å². The Morgan fingerprint density at radius 3 is 2.77 bits per heavy atom. The molecule has 1 saturated heterocycles. The van der Waals surface area contributed by atoms with E-state index >= 15 is 0 Å². The molecule has 0 spiro atoms. The van der Waals surface area contributed by atoms with Gasteiger partial charge >= 0.3 is 5.92 Å². The Labute approximate surface area is 73.9 Å². The van der Waals surface area contributed by atoms with Crippen LogP contribution in [-0.4, -0.2) is 43.3 Å². The second-order valence-corrected chi connectivity index (χ2v) is 2.95. The van der Waals surface area contributed by atoms with Crippen molar-refractivity contribution in [3.8, 4) is 0 Å². The number of amides is 1. The van der Waals surface area contributed by atoms with E-state index in [4.69, 9.17) is 5.11 Å². The molecule has 0 aromatic rings. The van der Waals surface area contributed by atoms with E-state index in [1.807, 2.05) is 5.32 Å². The van der Waals surface area contributed by atoms with E-state index in [2.05, 4.69) is 4.74 Å². The summed E-state index contributed by atoms with van der Waals surface area (Å²) in [5.41, 5.74) is 0. The lowest BCUT2D eigenvalue weighted by atomic mass is 9.99. The zero-order chi connectivity index (χ0) is 10.1.